The second kappa shape index (κ2) is 6.11. The molecule has 2 atom stereocenters. The van der Waals surface area contributed by atoms with Gasteiger partial charge in [0.05, 0.1) is 12.0 Å². The Balaban J connectivity index is 2.25. The molecule has 0 saturated carbocycles. The van der Waals surface area contributed by atoms with Crippen molar-refractivity contribution in [2.75, 3.05) is 20.2 Å². The first-order valence-electron chi connectivity index (χ1n) is 6.88. The highest BCUT2D eigenvalue weighted by atomic mass is 32.2. The third kappa shape index (κ3) is 2.97. The Labute approximate surface area is 120 Å². The van der Waals surface area contributed by atoms with Crippen LogP contribution in [0.3, 0.4) is 0 Å². The van der Waals surface area contributed by atoms with E-state index >= 15 is 0 Å². The molecule has 0 spiro atoms. The van der Waals surface area contributed by atoms with E-state index < -0.39 is 10.0 Å². The summed E-state index contributed by atoms with van der Waals surface area (Å²) in [5.74, 6) is 0.774. The van der Waals surface area contributed by atoms with Crippen LogP contribution in [0, 0.1) is 5.92 Å². The third-order valence-electron chi connectivity index (χ3n) is 3.96. The fourth-order valence-electron chi connectivity index (χ4n) is 2.58. The highest BCUT2D eigenvalue weighted by molar-refractivity contribution is 7.89. The molecule has 2 rings (SSSR count). The fraction of sp³-hybridized carbons (Fsp3) is 0.571. The fourth-order valence-corrected chi connectivity index (χ4v) is 4.13. The first-order chi connectivity index (χ1) is 9.48. The van der Waals surface area contributed by atoms with Gasteiger partial charge in [-0.15, -0.1) is 0 Å². The van der Waals surface area contributed by atoms with Crippen LogP contribution in [0.4, 0.5) is 0 Å². The minimum absolute atomic E-state index is 0.0942. The maximum absolute atomic E-state index is 12.7. The molecule has 0 radical (unpaired) electrons. The zero-order chi connectivity index (χ0) is 14.8. The van der Waals surface area contributed by atoms with Gasteiger partial charge in [0.1, 0.15) is 5.75 Å². The van der Waals surface area contributed by atoms with Crippen molar-refractivity contribution in [1.82, 2.24) is 4.31 Å². The Bertz CT molecular complexity index is 559. The van der Waals surface area contributed by atoms with Crippen molar-refractivity contribution in [3.63, 3.8) is 0 Å². The Morgan fingerprint density at radius 3 is 2.85 bits per heavy atom. The summed E-state index contributed by atoms with van der Waals surface area (Å²) in [4.78, 5) is 0.280. The van der Waals surface area contributed by atoms with Crippen LogP contribution in [0.25, 0.3) is 0 Å². The van der Waals surface area contributed by atoms with E-state index in [0.717, 1.165) is 6.42 Å². The summed E-state index contributed by atoms with van der Waals surface area (Å²) >= 11 is 0. The van der Waals surface area contributed by atoms with Crippen LogP contribution in [0.1, 0.15) is 19.8 Å². The Morgan fingerprint density at radius 2 is 2.20 bits per heavy atom. The lowest BCUT2D eigenvalue weighted by Gasteiger charge is -2.35. The lowest BCUT2D eigenvalue weighted by atomic mass is 9.92. The number of benzene rings is 1. The number of nitrogens with zero attached hydrogens (tertiary/aromatic N) is 1. The molecule has 1 heterocycles. The van der Waals surface area contributed by atoms with Gasteiger partial charge in [-0.3, -0.25) is 0 Å². The van der Waals surface area contributed by atoms with Gasteiger partial charge in [0.25, 0.3) is 0 Å². The topological polar surface area (TPSA) is 72.6 Å². The molecule has 5 nitrogen and oxygen atoms in total. The van der Waals surface area contributed by atoms with Crippen molar-refractivity contribution in [2.45, 2.75) is 30.7 Å². The van der Waals surface area contributed by atoms with Crippen molar-refractivity contribution in [3.8, 4) is 5.75 Å². The highest BCUT2D eigenvalue weighted by Gasteiger charge is 2.33. The molecule has 20 heavy (non-hydrogen) atoms. The van der Waals surface area contributed by atoms with E-state index in [9.17, 15) is 8.42 Å². The average Bonchev–Trinajstić information content (AvgIpc) is 2.47. The molecule has 0 amide bonds. The number of ether oxygens (including phenoxy) is 1. The summed E-state index contributed by atoms with van der Waals surface area (Å²) in [6, 6.07) is 6.69. The van der Waals surface area contributed by atoms with E-state index in [1.54, 1.807) is 28.6 Å². The summed E-state index contributed by atoms with van der Waals surface area (Å²) < 4.78 is 31.9. The molecule has 2 N–H and O–H groups in total. The molecule has 2 unspecified atom stereocenters. The van der Waals surface area contributed by atoms with Crippen LogP contribution in [0.15, 0.2) is 29.2 Å². The van der Waals surface area contributed by atoms with Crippen molar-refractivity contribution < 1.29 is 13.2 Å². The first-order valence-corrected chi connectivity index (χ1v) is 8.32. The highest BCUT2D eigenvalue weighted by Crippen LogP contribution is 2.26. The van der Waals surface area contributed by atoms with E-state index in [0.29, 0.717) is 25.3 Å². The van der Waals surface area contributed by atoms with E-state index in [-0.39, 0.29) is 16.9 Å². The van der Waals surface area contributed by atoms with E-state index in [2.05, 4.69) is 0 Å². The Morgan fingerprint density at radius 1 is 1.45 bits per heavy atom. The van der Waals surface area contributed by atoms with Gasteiger partial charge < -0.3 is 10.5 Å². The molecule has 0 bridgehead atoms. The van der Waals surface area contributed by atoms with Gasteiger partial charge in [-0.2, -0.15) is 4.31 Å². The maximum Gasteiger partial charge on any atom is 0.243 e. The zero-order valence-electron chi connectivity index (χ0n) is 12.0. The summed E-state index contributed by atoms with van der Waals surface area (Å²) in [7, 11) is -1.94. The van der Waals surface area contributed by atoms with Crippen molar-refractivity contribution in [2.24, 2.45) is 11.7 Å². The quantitative estimate of drug-likeness (QED) is 0.913. The van der Waals surface area contributed by atoms with Gasteiger partial charge in [0.15, 0.2) is 0 Å². The number of methoxy groups -OCH3 is 1. The standard InChI is InChI=1S/C14H22N2O3S/c1-3-11-10-16(8-7-14(11)15)20(17,18)13-6-4-5-12(9-13)19-2/h4-6,9,11,14H,3,7-8,10,15H2,1-2H3. The Kier molecular flexibility index (Phi) is 4.67. The zero-order valence-corrected chi connectivity index (χ0v) is 12.8. The molecule has 0 aliphatic carbocycles. The van der Waals surface area contributed by atoms with E-state index in [4.69, 9.17) is 10.5 Å². The molecule has 1 saturated heterocycles. The van der Waals surface area contributed by atoms with Gasteiger partial charge in [-0.1, -0.05) is 19.4 Å². The number of sulfonamides is 1. The van der Waals surface area contributed by atoms with Crippen molar-refractivity contribution >= 4 is 10.0 Å². The number of hydrogen-bond acceptors (Lipinski definition) is 4. The summed E-state index contributed by atoms with van der Waals surface area (Å²) in [6.07, 6.45) is 1.60. The maximum atomic E-state index is 12.7. The van der Waals surface area contributed by atoms with Crippen LogP contribution in [-0.2, 0) is 10.0 Å². The van der Waals surface area contributed by atoms with Gasteiger partial charge in [-0.05, 0) is 24.5 Å². The lowest BCUT2D eigenvalue weighted by molar-refractivity contribution is 0.230. The summed E-state index contributed by atoms with van der Waals surface area (Å²) in [6.45, 7) is 3.03. The summed E-state index contributed by atoms with van der Waals surface area (Å²) in [5, 5.41) is 0. The number of nitrogens with two attached hydrogens (primary N) is 1. The average molecular weight is 298 g/mol. The van der Waals surface area contributed by atoms with Gasteiger partial charge in [-0.25, -0.2) is 8.42 Å². The molecular weight excluding hydrogens is 276 g/mol. The van der Waals surface area contributed by atoms with E-state index in [1.165, 1.54) is 7.11 Å². The normalized spacial score (nSPS) is 24.6. The van der Waals surface area contributed by atoms with Crippen LogP contribution < -0.4 is 10.5 Å². The largest absolute Gasteiger partial charge is 0.497 e. The second-order valence-electron chi connectivity index (χ2n) is 5.16. The second-order valence-corrected chi connectivity index (χ2v) is 7.10. The number of rotatable bonds is 4. The van der Waals surface area contributed by atoms with Crippen molar-refractivity contribution in [3.05, 3.63) is 24.3 Å². The Hall–Kier alpha value is -1.11. The van der Waals surface area contributed by atoms with Gasteiger partial charge in [0.2, 0.25) is 10.0 Å². The molecule has 1 aliphatic heterocycles. The minimum atomic E-state index is -3.46. The molecule has 6 heteroatoms. The molecule has 112 valence electrons. The monoisotopic (exact) mass is 298 g/mol. The number of hydrogen-bond donors (Lipinski definition) is 1. The first kappa shape index (κ1) is 15.3. The molecular formula is C14H22N2O3S. The predicted molar refractivity (Wildman–Crippen MR) is 78.1 cm³/mol. The summed E-state index contributed by atoms with van der Waals surface area (Å²) in [5.41, 5.74) is 6.04. The van der Waals surface area contributed by atoms with Gasteiger partial charge >= 0.3 is 0 Å². The third-order valence-corrected chi connectivity index (χ3v) is 5.82. The van der Waals surface area contributed by atoms with Crippen LogP contribution >= 0.6 is 0 Å². The molecule has 0 aromatic heterocycles. The SMILES string of the molecule is CCC1CN(S(=O)(=O)c2cccc(OC)c2)CCC1N. The lowest BCUT2D eigenvalue weighted by Crippen LogP contribution is -2.48. The molecule has 1 aromatic carbocycles. The molecule has 1 aliphatic rings. The molecule has 1 fully saturated rings. The van der Waals surface area contributed by atoms with Crippen LogP contribution in [0.5, 0.6) is 5.75 Å². The predicted octanol–water partition coefficient (Wildman–Crippen LogP) is 1.44. The molecule has 1 aromatic rings. The van der Waals surface area contributed by atoms with Crippen molar-refractivity contribution in [1.29, 1.82) is 0 Å². The number of piperidine rings is 1. The van der Waals surface area contributed by atoms with Crippen LogP contribution in [-0.4, -0.2) is 39.0 Å². The minimum Gasteiger partial charge on any atom is -0.497 e. The van der Waals surface area contributed by atoms with Gasteiger partial charge in [0, 0.05) is 25.2 Å². The smallest absolute Gasteiger partial charge is 0.243 e. The van der Waals surface area contributed by atoms with E-state index in [1.807, 2.05) is 6.92 Å². The van der Waals surface area contributed by atoms with Crippen LogP contribution in [0.2, 0.25) is 0 Å².